The lowest BCUT2D eigenvalue weighted by Gasteiger charge is -2.18. The van der Waals surface area contributed by atoms with Gasteiger partial charge in [-0.15, -0.1) is 11.6 Å². The SMILES string of the molecule is CC(Cl)c1nc2cc(Cl)c(F)cc2n1C1CCN(C)C1. The number of hydrogen-bond acceptors (Lipinski definition) is 2. The Morgan fingerprint density at radius 2 is 2.20 bits per heavy atom. The molecule has 1 fully saturated rings. The van der Waals surface area contributed by atoms with E-state index in [0.29, 0.717) is 5.52 Å². The van der Waals surface area contributed by atoms with Gasteiger partial charge in [-0.1, -0.05) is 11.6 Å². The average molecular weight is 316 g/mol. The van der Waals surface area contributed by atoms with Gasteiger partial charge in [0.25, 0.3) is 0 Å². The van der Waals surface area contributed by atoms with Gasteiger partial charge >= 0.3 is 0 Å². The highest BCUT2D eigenvalue weighted by molar-refractivity contribution is 6.31. The van der Waals surface area contributed by atoms with Crippen molar-refractivity contribution in [2.24, 2.45) is 0 Å². The molecule has 0 N–H and O–H groups in total. The van der Waals surface area contributed by atoms with E-state index in [1.54, 1.807) is 6.07 Å². The lowest BCUT2D eigenvalue weighted by molar-refractivity contribution is 0.392. The smallest absolute Gasteiger partial charge is 0.144 e. The second-order valence-corrected chi connectivity index (χ2v) is 6.48. The van der Waals surface area contributed by atoms with Crippen molar-refractivity contribution in [2.75, 3.05) is 20.1 Å². The first-order valence-electron chi connectivity index (χ1n) is 6.67. The van der Waals surface area contributed by atoms with Crippen LogP contribution in [0.15, 0.2) is 12.1 Å². The van der Waals surface area contributed by atoms with E-state index in [2.05, 4.69) is 21.5 Å². The van der Waals surface area contributed by atoms with E-state index in [9.17, 15) is 4.39 Å². The zero-order chi connectivity index (χ0) is 14.4. The molecule has 1 aliphatic heterocycles. The topological polar surface area (TPSA) is 21.1 Å². The Labute approximate surface area is 127 Å². The summed E-state index contributed by atoms with van der Waals surface area (Å²) in [6.07, 6.45) is 1.02. The van der Waals surface area contributed by atoms with E-state index in [0.717, 1.165) is 30.9 Å². The molecular formula is C14H16Cl2FN3. The molecule has 2 atom stereocenters. The fraction of sp³-hybridized carbons (Fsp3) is 0.500. The molecule has 3 nitrogen and oxygen atoms in total. The minimum Gasteiger partial charge on any atom is -0.322 e. The maximum atomic E-state index is 13.8. The fourth-order valence-corrected chi connectivity index (χ4v) is 3.21. The third-order valence-electron chi connectivity index (χ3n) is 3.85. The van der Waals surface area contributed by atoms with Crippen molar-refractivity contribution in [3.8, 4) is 0 Å². The summed E-state index contributed by atoms with van der Waals surface area (Å²) >= 11 is 12.1. The van der Waals surface area contributed by atoms with Gasteiger partial charge < -0.3 is 9.47 Å². The molecule has 1 aliphatic rings. The van der Waals surface area contributed by atoms with Gasteiger partial charge in [-0.25, -0.2) is 9.37 Å². The number of imidazole rings is 1. The van der Waals surface area contributed by atoms with Crippen molar-refractivity contribution in [1.29, 1.82) is 0 Å². The van der Waals surface area contributed by atoms with Crippen LogP contribution in [0.5, 0.6) is 0 Å². The molecule has 2 aromatic rings. The lowest BCUT2D eigenvalue weighted by atomic mass is 10.2. The van der Waals surface area contributed by atoms with Crippen LogP contribution in [0.4, 0.5) is 4.39 Å². The number of rotatable bonds is 2. The molecule has 3 rings (SSSR count). The molecule has 1 aromatic carbocycles. The summed E-state index contributed by atoms with van der Waals surface area (Å²) in [5, 5.41) is -0.130. The van der Waals surface area contributed by atoms with Gasteiger partial charge in [0, 0.05) is 18.7 Å². The fourth-order valence-electron chi connectivity index (χ4n) is 2.90. The van der Waals surface area contributed by atoms with E-state index in [1.165, 1.54) is 6.07 Å². The zero-order valence-electron chi connectivity index (χ0n) is 11.4. The van der Waals surface area contributed by atoms with E-state index in [-0.39, 0.29) is 16.4 Å². The Hall–Kier alpha value is -0.840. The summed E-state index contributed by atoms with van der Waals surface area (Å²) in [4.78, 5) is 6.80. The van der Waals surface area contributed by atoms with Crippen LogP contribution in [-0.4, -0.2) is 34.6 Å². The molecule has 0 saturated carbocycles. The minimum atomic E-state index is -0.416. The van der Waals surface area contributed by atoms with Crippen LogP contribution in [0.3, 0.4) is 0 Å². The summed E-state index contributed by atoms with van der Waals surface area (Å²) in [7, 11) is 2.08. The van der Waals surface area contributed by atoms with Gasteiger partial charge in [0.15, 0.2) is 0 Å². The van der Waals surface area contributed by atoms with Gasteiger partial charge in [0.2, 0.25) is 0 Å². The zero-order valence-corrected chi connectivity index (χ0v) is 12.9. The van der Waals surface area contributed by atoms with Crippen LogP contribution < -0.4 is 0 Å². The number of likely N-dealkylation sites (tertiary alicyclic amines) is 1. The number of benzene rings is 1. The molecule has 0 amide bonds. The van der Waals surface area contributed by atoms with Crippen LogP contribution in [-0.2, 0) is 0 Å². The van der Waals surface area contributed by atoms with Gasteiger partial charge in [-0.3, -0.25) is 0 Å². The first-order valence-corrected chi connectivity index (χ1v) is 7.48. The monoisotopic (exact) mass is 315 g/mol. The highest BCUT2D eigenvalue weighted by atomic mass is 35.5. The Morgan fingerprint density at radius 3 is 2.80 bits per heavy atom. The van der Waals surface area contributed by atoms with Crippen LogP contribution in [0.1, 0.15) is 30.6 Å². The first kappa shape index (κ1) is 14.1. The highest BCUT2D eigenvalue weighted by Gasteiger charge is 2.27. The van der Waals surface area contributed by atoms with Crippen molar-refractivity contribution < 1.29 is 4.39 Å². The van der Waals surface area contributed by atoms with E-state index in [1.807, 2.05) is 6.92 Å². The van der Waals surface area contributed by atoms with E-state index >= 15 is 0 Å². The Morgan fingerprint density at radius 1 is 1.45 bits per heavy atom. The maximum absolute atomic E-state index is 13.8. The quantitative estimate of drug-likeness (QED) is 0.781. The van der Waals surface area contributed by atoms with E-state index < -0.39 is 5.82 Å². The Bertz CT molecular complexity index is 653. The summed E-state index contributed by atoms with van der Waals surface area (Å²) in [6.45, 7) is 3.83. The first-order chi connectivity index (χ1) is 9.47. The lowest BCUT2D eigenvalue weighted by Crippen LogP contribution is -2.18. The summed E-state index contributed by atoms with van der Waals surface area (Å²) in [5.74, 6) is 0.365. The van der Waals surface area contributed by atoms with Gasteiger partial charge in [-0.2, -0.15) is 0 Å². The van der Waals surface area contributed by atoms with Crippen LogP contribution >= 0.6 is 23.2 Å². The normalized spacial score (nSPS) is 21.8. The summed E-state index contributed by atoms with van der Waals surface area (Å²) in [5.41, 5.74) is 1.48. The molecule has 108 valence electrons. The molecule has 2 heterocycles. The Balaban J connectivity index is 2.21. The second kappa shape index (κ2) is 5.17. The molecule has 1 saturated heterocycles. The maximum Gasteiger partial charge on any atom is 0.144 e. The van der Waals surface area contributed by atoms with E-state index in [4.69, 9.17) is 23.2 Å². The second-order valence-electron chi connectivity index (χ2n) is 5.42. The molecule has 2 unspecified atom stereocenters. The molecule has 1 aromatic heterocycles. The average Bonchev–Trinajstić information content (AvgIpc) is 2.94. The van der Waals surface area contributed by atoms with Gasteiger partial charge in [-0.05, 0) is 33.0 Å². The van der Waals surface area contributed by atoms with Crippen molar-refractivity contribution in [1.82, 2.24) is 14.5 Å². The van der Waals surface area contributed by atoms with Crippen LogP contribution in [0.2, 0.25) is 5.02 Å². The number of alkyl halides is 1. The largest absolute Gasteiger partial charge is 0.322 e. The summed E-state index contributed by atoms with van der Waals surface area (Å²) in [6, 6.07) is 3.32. The number of aromatic nitrogens is 2. The molecule has 0 bridgehead atoms. The Kier molecular flexibility index (Phi) is 3.65. The molecule has 0 radical (unpaired) electrons. The number of fused-ring (bicyclic) bond motifs is 1. The predicted octanol–water partition coefficient (Wildman–Crippen LogP) is 4.01. The van der Waals surface area contributed by atoms with Crippen LogP contribution in [0.25, 0.3) is 11.0 Å². The van der Waals surface area contributed by atoms with Crippen molar-refractivity contribution in [3.05, 3.63) is 28.8 Å². The molecule has 0 aliphatic carbocycles. The predicted molar refractivity (Wildman–Crippen MR) is 80.1 cm³/mol. The number of nitrogens with zero attached hydrogens (tertiary/aromatic N) is 3. The van der Waals surface area contributed by atoms with Crippen molar-refractivity contribution >= 4 is 34.2 Å². The van der Waals surface area contributed by atoms with Crippen molar-refractivity contribution in [3.63, 3.8) is 0 Å². The van der Waals surface area contributed by atoms with Gasteiger partial charge in [0.1, 0.15) is 11.6 Å². The minimum absolute atomic E-state index is 0.0967. The summed E-state index contributed by atoms with van der Waals surface area (Å²) < 4.78 is 15.9. The number of hydrogen-bond donors (Lipinski definition) is 0. The third-order valence-corrected chi connectivity index (χ3v) is 4.33. The third kappa shape index (κ3) is 2.30. The highest BCUT2D eigenvalue weighted by Crippen LogP contribution is 2.33. The molecule has 20 heavy (non-hydrogen) atoms. The molecule has 0 spiro atoms. The molecular weight excluding hydrogens is 300 g/mol. The van der Waals surface area contributed by atoms with Crippen molar-refractivity contribution in [2.45, 2.75) is 24.8 Å². The standard InChI is InChI=1S/C14H16Cl2FN3/c1-8(15)14-18-12-5-10(16)11(17)6-13(12)20(14)9-3-4-19(2)7-9/h5-6,8-9H,3-4,7H2,1-2H3. The molecule has 6 heteroatoms. The number of likely N-dealkylation sites (N-methyl/N-ethyl adjacent to an activating group) is 1. The van der Waals surface area contributed by atoms with Gasteiger partial charge in [0.05, 0.1) is 21.4 Å². The van der Waals surface area contributed by atoms with Crippen LogP contribution in [0, 0.1) is 5.82 Å². The number of halogens is 3.